The van der Waals surface area contributed by atoms with Crippen molar-refractivity contribution < 1.29 is 13.2 Å². The van der Waals surface area contributed by atoms with Crippen molar-refractivity contribution in [3.8, 4) is 0 Å². The summed E-state index contributed by atoms with van der Waals surface area (Å²) < 4.78 is 29.0. The molecular formula is C21H26N2O3S2. The number of nitrogens with one attached hydrogen (secondary N) is 2. The molecule has 0 radical (unpaired) electrons. The van der Waals surface area contributed by atoms with Crippen LogP contribution in [0, 0.1) is 5.92 Å². The van der Waals surface area contributed by atoms with Crippen LogP contribution in [-0.2, 0) is 21.2 Å². The summed E-state index contributed by atoms with van der Waals surface area (Å²) >= 11 is 1.46. The van der Waals surface area contributed by atoms with E-state index in [9.17, 15) is 13.2 Å². The highest BCUT2D eigenvalue weighted by atomic mass is 32.2. The molecule has 1 aliphatic carbocycles. The summed E-state index contributed by atoms with van der Waals surface area (Å²) in [6.07, 6.45) is 4.59. The van der Waals surface area contributed by atoms with Crippen molar-refractivity contribution in [1.82, 2.24) is 4.72 Å². The predicted octanol–water partition coefficient (Wildman–Crippen LogP) is 4.36. The van der Waals surface area contributed by atoms with Crippen molar-refractivity contribution in [2.75, 3.05) is 11.6 Å². The van der Waals surface area contributed by atoms with Gasteiger partial charge in [0.05, 0.1) is 10.6 Å². The molecule has 1 atom stereocenters. The van der Waals surface area contributed by atoms with E-state index in [1.54, 1.807) is 32.0 Å². The van der Waals surface area contributed by atoms with Gasteiger partial charge in [-0.05, 0) is 54.8 Å². The Labute approximate surface area is 171 Å². The first-order chi connectivity index (χ1) is 13.3. The Kier molecular flexibility index (Phi) is 6.47. The van der Waals surface area contributed by atoms with Crippen molar-refractivity contribution in [3.05, 3.63) is 53.6 Å². The molecule has 0 spiro atoms. The van der Waals surface area contributed by atoms with Gasteiger partial charge >= 0.3 is 0 Å². The maximum atomic E-state index is 13.1. The molecule has 0 unspecified atom stereocenters. The minimum absolute atomic E-state index is 0.140. The van der Waals surface area contributed by atoms with Crippen molar-refractivity contribution in [3.63, 3.8) is 0 Å². The third-order valence-corrected chi connectivity index (χ3v) is 7.20. The molecule has 3 rings (SSSR count). The zero-order valence-corrected chi connectivity index (χ0v) is 18.0. The molecule has 2 N–H and O–H groups in total. The van der Waals surface area contributed by atoms with Gasteiger partial charge in [-0.15, -0.1) is 11.8 Å². The average molecular weight is 419 g/mol. The van der Waals surface area contributed by atoms with Gasteiger partial charge in [0.1, 0.15) is 0 Å². The summed E-state index contributed by atoms with van der Waals surface area (Å²) in [6.45, 7) is 3.60. The molecule has 28 heavy (non-hydrogen) atoms. The van der Waals surface area contributed by atoms with Gasteiger partial charge in [0, 0.05) is 16.9 Å². The quantitative estimate of drug-likeness (QED) is 0.684. The van der Waals surface area contributed by atoms with E-state index in [1.807, 2.05) is 24.5 Å². The minimum atomic E-state index is -3.72. The number of sulfonamides is 1. The Morgan fingerprint density at radius 1 is 1.18 bits per heavy atom. The van der Waals surface area contributed by atoms with Gasteiger partial charge < -0.3 is 5.32 Å². The molecule has 0 saturated heterocycles. The van der Waals surface area contributed by atoms with Gasteiger partial charge in [0.2, 0.25) is 15.9 Å². The second-order valence-electron chi connectivity index (χ2n) is 7.27. The number of carbonyl (C=O) groups excluding carboxylic acids is 1. The van der Waals surface area contributed by atoms with Crippen LogP contribution in [0.1, 0.15) is 43.9 Å². The summed E-state index contributed by atoms with van der Waals surface area (Å²) in [5.41, 5.74) is 2.77. The monoisotopic (exact) mass is 418 g/mol. The summed E-state index contributed by atoms with van der Waals surface area (Å²) in [4.78, 5) is 13.1. The highest BCUT2D eigenvalue weighted by Crippen LogP contribution is 2.32. The fraction of sp³-hybridized carbons (Fsp3) is 0.381. The summed E-state index contributed by atoms with van der Waals surface area (Å²) in [5, 5.41) is 2.84. The van der Waals surface area contributed by atoms with E-state index in [0.717, 1.165) is 29.7 Å². The van der Waals surface area contributed by atoms with Gasteiger partial charge in [0.15, 0.2) is 0 Å². The molecule has 1 aliphatic rings. The van der Waals surface area contributed by atoms with Crippen LogP contribution in [-0.4, -0.2) is 20.6 Å². The van der Waals surface area contributed by atoms with Crippen molar-refractivity contribution in [2.45, 2.75) is 48.9 Å². The number of rotatable bonds is 6. The number of hydrogen-bond acceptors (Lipinski definition) is 4. The fourth-order valence-electron chi connectivity index (χ4n) is 3.36. The standard InChI is InChI=1S/C21H26N2O3S2/c1-14(2)21(24)22-19-13-16(11-12-20(19)27-3)28(25,26)23-18-10-6-8-15-7-4-5-9-17(15)18/h4-5,7,9,11-14,18,23H,6,8,10H2,1-3H3,(H,22,24)/t18-/m1/s1. The molecule has 0 aromatic heterocycles. The van der Waals surface area contributed by atoms with Crippen LogP contribution in [0.3, 0.4) is 0 Å². The molecule has 0 heterocycles. The van der Waals surface area contributed by atoms with E-state index in [-0.39, 0.29) is 22.8 Å². The van der Waals surface area contributed by atoms with Crippen LogP contribution >= 0.6 is 11.8 Å². The lowest BCUT2D eigenvalue weighted by Gasteiger charge is -2.26. The first kappa shape index (κ1) is 20.9. The molecule has 0 fully saturated rings. The minimum Gasteiger partial charge on any atom is -0.325 e. The fourth-order valence-corrected chi connectivity index (χ4v) is 5.17. The van der Waals surface area contributed by atoms with E-state index in [2.05, 4.69) is 16.1 Å². The Bertz CT molecular complexity index is 971. The number of fused-ring (bicyclic) bond motifs is 1. The van der Waals surface area contributed by atoms with Gasteiger partial charge in [-0.1, -0.05) is 38.1 Å². The van der Waals surface area contributed by atoms with E-state index < -0.39 is 10.0 Å². The number of carbonyl (C=O) groups is 1. The number of thioether (sulfide) groups is 1. The molecule has 5 nitrogen and oxygen atoms in total. The van der Waals surface area contributed by atoms with Crippen LogP contribution in [0.5, 0.6) is 0 Å². The molecule has 2 aromatic carbocycles. The van der Waals surface area contributed by atoms with E-state index in [0.29, 0.717) is 5.69 Å². The first-order valence-corrected chi connectivity index (χ1v) is 12.1. The second kappa shape index (κ2) is 8.68. The van der Waals surface area contributed by atoms with Crippen LogP contribution < -0.4 is 10.0 Å². The number of amides is 1. The molecule has 7 heteroatoms. The molecule has 0 bridgehead atoms. The SMILES string of the molecule is CSc1ccc(S(=O)(=O)N[C@@H]2CCCc3ccccc32)cc1NC(=O)C(C)C. The Balaban J connectivity index is 1.89. The summed E-state index contributed by atoms with van der Waals surface area (Å²) in [6, 6.07) is 12.6. The molecule has 150 valence electrons. The zero-order valence-electron chi connectivity index (χ0n) is 16.4. The Hall–Kier alpha value is -1.83. The third-order valence-electron chi connectivity index (χ3n) is 4.93. The van der Waals surface area contributed by atoms with Gasteiger partial charge in [-0.25, -0.2) is 13.1 Å². The first-order valence-electron chi connectivity index (χ1n) is 9.41. The van der Waals surface area contributed by atoms with E-state index in [1.165, 1.54) is 17.3 Å². The second-order valence-corrected chi connectivity index (χ2v) is 9.83. The normalized spacial score (nSPS) is 16.6. The van der Waals surface area contributed by atoms with Crippen molar-refractivity contribution >= 4 is 33.4 Å². The maximum absolute atomic E-state index is 13.1. The molecule has 1 amide bonds. The van der Waals surface area contributed by atoms with Crippen molar-refractivity contribution in [1.29, 1.82) is 0 Å². The highest BCUT2D eigenvalue weighted by Gasteiger charge is 2.26. The number of aryl methyl sites for hydroxylation is 1. The van der Waals surface area contributed by atoms with Crippen molar-refractivity contribution in [2.24, 2.45) is 5.92 Å². The highest BCUT2D eigenvalue weighted by molar-refractivity contribution is 7.98. The number of benzene rings is 2. The maximum Gasteiger partial charge on any atom is 0.241 e. The molecular weight excluding hydrogens is 392 g/mol. The largest absolute Gasteiger partial charge is 0.325 e. The van der Waals surface area contributed by atoms with Gasteiger partial charge in [0.25, 0.3) is 0 Å². The van der Waals surface area contributed by atoms with E-state index >= 15 is 0 Å². The number of hydrogen-bond donors (Lipinski definition) is 2. The Morgan fingerprint density at radius 2 is 1.93 bits per heavy atom. The smallest absolute Gasteiger partial charge is 0.241 e. The Morgan fingerprint density at radius 3 is 2.64 bits per heavy atom. The van der Waals surface area contributed by atoms with Crippen LogP contribution in [0.2, 0.25) is 0 Å². The van der Waals surface area contributed by atoms with Crippen LogP contribution in [0.15, 0.2) is 52.3 Å². The average Bonchev–Trinajstić information content (AvgIpc) is 2.68. The summed E-state index contributed by atoms with van der Waals surface area (Å²) in [7, 11) is -3.72. The lowest BCUT2D eigenvalue weighted by molar-refractivity contribution is -0.118. The summed E-state index contributed by atoms with van der Waals surface area (Å²) in [5.74, 6) is -0.328. The number of anilines is 1. The van der Waals surface area contributed by atoms with Gasteiger partial charge in [-0.2, -0.15) is 0 Å². The zero-order chi connectivity index (χ0) is 20.3. The van der Waals surface area contributed by atoms with Gasteiger partial charge in [-0.3, -0.25) is 4.79 Å². The molecule has 2 aromatic rings. The lowest BCUT2D eigenvalue weighted by atomic mass is 9.88. The van der Waals surface area contributed by atoms with Crippen LogP contribution in [0.25, 0.3) is 0 Å². The predicted molar refractivity (Wildman–Crippen MR) is 114 cm³/mol. The van der Waals surface area contributed by atoms with Crippen LogP contribution in [0.4, 0.5) is 5.69 Å². The topological polar surface area (TPSA) is 75.3 Å². The lowest BCUT2D eigenvalue weighted by Crippen LogP contribution is -2.31. The third kappa shape index (κ3) is 4.59. The molecule has 0 aliphatic heterocycles. The molecule has 0 saturated carbocycles. The van der Waals surface area contributed by atoms with E-state index in [4.69, 9.17) is 0 Å².